The lowest BCUT2D eigenvalue weighted by molar-refractivity contribution is -0.130. The Bertz CT molecular complexity index is 601. The van der Waals surface area contributed by atoms with Gasteiger partial charge in [-0.2, -0.15) is 5.10 Å². The molecule has 2 rings (SSSR count). The minimum atomic E-state index is 0.0142. The number of hydrogen-bond donors (Lipinski definition) is 3. The number of rotatable bonds is 11. The molecular weight excluding hydrogens is 354 g/mol. The van der Waals surface area contributed by atoms with E-state index < -0.39 is 0 Å². The summed E-state index contributed by atoms with van der Waals surface area (Å²) in [4.78, 5) is 15.2. The van der Waals surface area contributed by atoms with Crippen molar-refractivity contribution < 1.29 is 9.53 Å². The molecule has 0 aliphatic heterocycles. The van der Waals surface area contributed by atoms with E-state index in [1.54, 1.807) is 7.11 Å². The highest BCUT2D eigenvalue weighted by Gasteiger charge is 2.42. The van der Waals surface area contributed by atoms with Gasteiger partial charge in [-0.3, -0.25) is 9.89 Å². The summed E-state index contributed by atoms with van der Waals surface area (Å²) in [5.41, 5.74) is 2.41. The number of aromatic nitrogens is 2. The number of H-pyrrole nitrogens is 1. The molecule has 7 heteroatoms. The topological polar surface area (TPSA) is 82.3 Å². The zero-order chi connectivity index (χ0) is 20.6. The van der Waals surface area contributed by atoms with Crippen LogP contribution in [-0.4, -0.2) is 68.5 Å². The zero-order valence-corrected chi connectivity index (χ0v) is 18.3. The first-order valence-corrected chi connectivity index (χ1v) is 10.5. The molecule has 160 valence electrons. The minimum absolute atomic E-state index is 0.0142. The quantitative estimate of drug-likeness (QED) is 0.502. The van der Waals surface area contributed by atoms with Crippen LogP contribution in [0.1, 0.15) is 56.7 Å². The molecule has 3 N–H and O–H groups in total. The number of amides is 1. The molecule has 1 fully saturated rings. The Balaban J connectivity index is 2.02. The van der Waals surface area contributed by atoms with Crippen molar-refractivity contribution in [3.8, 4) is 0 Å². The van der Waals surface area contributed by atoms with E-state index in [1.165, 1.54) is 5.56 Å². The Hall–Kier alpha value is -1.44. The first kappa shape index (κ1) is 22.8. The van der Waals surface area contributed by atoms with Gasteiger partial charge in [0, 0.05) is 63.5 Å². The van der Waals surface area contributed by atoms with Crippen LogP contribution >= 0.6 is 0 Å². The molecule has 1 aliphatic carbocycles. The Morgan fingerprint density at radius 1 is 1.43 bits per heavy atom. The normalized spacial score (nSPS) is 21.8. The summed E-state index contributed by atoms with van der Waals surface area (Å²) in [6.07, 6.45) is 5.85. The second kappa shape index (κ2) is 10.9. The summed E-state index contributed by atoms with van der Waals surface area (Å²) in [7, 11) is 5.80. The average Bonchev–Trinajstić information content (AvgIpc) is 3.11. The lowest BCUT2D eigenvalue weighted by Crippen LogP contribution is -2.43. The summed E-state index contributed by atoms with van der Waals surface area (Å²) in [6, 6.07) is 0. The van der Waals surface area contributed by atoms with E-state index in [1.807, 2.05) is 13.2 Å². The molecule has 1 amide bonds. The van der Waals surface area contributed by atoms with Gasteiger partial charge >= 0.3 is 0 Å². The molecule has 0 bridgehead atoms. The zero-order valence-electron chi connectivity index (χ0n) is 18.3. The van der Waals surface area contributed by atoms with Gasteiger partial charge in [-0.05, 0) is 45.2 Å². The first-order chi connectivity index (χ1) is 13.4. The van der Waals surface area contributed by atoms with Crippen molar-refractivity contribution in [2.24, 2.45) is 11.3 Å². The third kappa shape index (κ3) is 6.29. The lowest BCUT2D eigenvalue weighted by atomic mass is 9.64. The molecule has 2 unspecified atom stereocenters. The lowest BCUT2D eigenvalue weighted by Gasteiger charge is -2.41. The highest BCUT2D eigenvalue weighted by Crippen LogP contribution is 2.47. The maximum atomic E-state index is 12.9. The number of hydrogen-bond acceptors (Lipinski definition) is 5. The van der Waals surface area contributed by atoms with Crippen LogP contribution in [0.25, 0.3) is 0 Å². The van der Waals surface area contributed by atoms with Crippen molar-refractivity contribution in [2.75, 3.05) is 47.4 Å². The van der Waals surface area contributed by atoms with Crippen LogP contribution in [0.5, 0.6) is 0 Å². The number of aromatic amines is 1. The van der Waals surface area contributed by atoms with Gasteiger partial charge < -0.3 is 20.3 Å². The van der Waals surface area contributed by atoms with Crippen molar-refractivity contribution in [1.29, 1.82) is 0 Å². The molecule has 0 saturated heterocycles. The van der Waals surface area contributed by atoms with Gasteiger partial charge in [0.1, 0.15) is 0 Å². The number of carbonyl (C=O) groups excluding carboxylic acids is 1. The highest BCUT2D eigenvalue weighted by molar-refractivity contribution is 5.79. The molecule has 0 spiro atoms. The van der Waals surface area contributed by atoms with Gasteiger partial charge in [0.05, 0.1) is 5.69 Å². The fourth-order valence-electron chi connectivity index (χ4n) is 4.18. The molecule has 1 aromatic heterocycles. The summed E-state index contributed by atoms with van der Waals surface area (Å²) in [5.74, 6) is 0.524. The predicted molar refractivity (Wildman–Crippen MR) is 112 cm³/mol. The van der Waals surface area contributed by atoms with Crippen molar-refractivity contribution in [1.82, 2.24) is 25.7 Å². The van der Waals surface area contributed by atoms with Crippen LogP contribution < -0.4 is 10.6 Å². The van der Waals surface area contributed by atoms with E-state index in [0.29, 0.717) is 19.1 Å². The molecule has 1 saturated carbocycles. The maximum absolute atomic E-state index is 12.9. The first-order valence-electron chi connectivity index (χ1n) is 10.5. The van der Waals surface area contributed by atoms with Gasteiger partial charge in [-0.25, -0.2) is 0 Å². The van der Waals surface area contributed by atoms with Crippen LogP contribution in [0.2, 0.25) is 0 Å². The maximum Gasteiger partial charge on any atom is 0.223 e. The summed E-state index contributed by atoms with van der Waals surface area (Å²) in [5, 5.41) is 14.0. The Kier molecular flexibility index (Phi) is 8.92. The standard InChI is InChI=1S/C21H39N5O2/c1-21(2)8-7-16(13-18(21)20(27)23-9-6-12-28-5)19-17(14-24-25-19)15-26(4)11-10-22-3/h14,16,18,22H,6-13,15H2,1-5H3,(H,23,27)(H,24,25). The fourth-order valence-corrected chi connectivity index (χ4v) is 4.18. The second-order valence-corrected chi connectivity index (χ2v) is 8.79. The van der Waals surface area contributed by atoms with E-state index in [9.17, 15) is 4.79 Å². The monoisotopic (exact) mass is 393 g/mol. The number of carbonyl (C=O) groups is 1. The van der Waals surface area contributed by atoms with Gasteiger partial charge in [-0.1, -0.05) is 13.8 Å². The van der Waals surface area contributed by atoms with Crippen molar-refractivity contribution in [3.63, 3.8) is 0 Å². The number of methoxy groups -OCH3 is 1. The molecule has 7 nitrogen and oxygen atoms in total. The molecule has 28 heavy (non-hydrogen) atoms. The Labute approximate surface area is 170 Å². The van der Waals surface area contributed by atoms with E-state index in [2.05, 4.69) is 46.6 Å². The Morgan fingerprint density at radius 3 is 2.93 bits per heavy atom. The molecule has 1 heterocycles. The van der Waals surface area contributed by atoms with Crippen LogP contribution in [0.15, 0.2) is 6.20 Å². The number of nitrogens with one attached hydrogen (secondary N) is 3. The minimum Gasteiger partial charge on any atom is -0.385 e. The molecule has 2 atom stereocenters. The third-order valence-corrected chi connectivity index (χ3v) is 6.06. The summed E-state index contributed by atoms with van der Waals surface area (Å²) in [6.45, 7) is 8.63. The van der Waals surface area contributed by atoms with Gasteiger partial charge in [0.2, 0.25) is 5.91 Å². The Morgan fingerprint density at radius 2 is 2.21 bits per heavy atom. The molecule has 0 radical (unpaired) electrons. The highest BCUT2D eigenvalue weighted by atomic mass is 16.5. The average molecular weight is 394 g/mol. The summed E-state index contributed by atoms with van der Waals surface area (Å²) < 4.78 is 5.07. The van der Waals surface area contributed by atoms with Crippen LogP contribution in [0.3, 0.4) is 0 Å². The molecule has 1 aliphatic rings. The van der Waals surface area contributed by atoms with Crippen molar-refractivity contribution in [2.45, 2.75) is 52.0 Å². The smallest absolute Gasteiger partial charge is 0.223 e. The third-order valence-electron chi connectivity index (χ3n) is 6.06. The van der Waals surface area contributed by atoms with Crippen LogP contribution in [-0.2, 0) is 16.1 Å². The van der Waals surface area contributed by atoms with E-state index in [4.69, 9.17) is 4.74 Å². The molecular formula is C21H39N5O2. The van der Waals surface area contributed by atoms with Crippen molar-refractivity contribution in [3.05, 3.63) is 17.5 Å². The van der Waals surface area contributed by atoms with E-state index in [0.717, 1.165) is 51.0 Å². The van der Waals surface area contributed by atoms with E-state index in [-0.39, 0.29) is 17.2 Å². The van der Waals surface area contributed by atoms with Crippen LogP contribution in [0.4, 0.5) is 0 Å². The van der Waals surface area contributed by atoms with Crippen LogP contribution in [0, 0.1) is 11.3 Å². The number of ether oxygens (including phenoxy) is 1. The second-order valence-electron chi connectivity index (χ2n) is 8.79. The number of nitrogens with zero attached hydrogens (tertiary/aromatic N) is 2. The largest absolute Gasteiger partial charge is 0.385 e. The van der Waals surface area contributed by atoms with Crippen molar-refractivity contribution >= 4 is 5.91 Å². The van der Waals surface area contributed by atoms with Gasteiger partial charge in [0.15, 0.2) is 0 Å². The molecule has 0 aromatic carbocycles. The van der Waals surface area contributed by atoms with Gasteiger partial charge in [0.25, 0.3) is 0 Å². The van der Waals surface area contributed by atoms with Gasteiger partial charge in [-0.15, -0.1) is 0 Å². The predicted octanol–water partition coefficient (Wildman–Crippen LogP) is 2.12. The number of likely N-dealkylation sites (N-methyl/N-ethyl adjacent to an activating group) is 2. The fraction of sp³-hybridized carbons (Fsp3) is 0.810. The van der Waals surface area contributed by atoms with E-state index >= 15 is 0 Å². The SMILES string of the molecule is CNCCN(C)Cc1c[nH]nc1C1CCC(C)(C)C(C(=O)NCCCOC)C1. The molecule has 1 aromatic rings. The summed E-state index contributed by atoms with van der Waals surface area (Å²) >= 11 is 0.